The lowest BCUT2D eigenvalue weighted by atomic mass is 9.89. The van der Waals surface area contributed by atoms with Crippen molar-refractivity contribution in [1.29, 1.82) is 0 Å². The number of hydrogen-bond acceptors (Lipinski definition) is 2. The Balaban J connectivity index is 2.60. The smallest absolute Gasteiger partial charge is 0.150 e. The van der Waals surface area contributed by atoms with E-state index in [1.54, 1.807) is 0 Å². The molecular formula is C38H62Cl2N2Si2. The van der Waals surface area contributed by atoms with Crippen LogP contribution in [0.25, 0.3) is 0 Å². The van der Waals surface area contributed by atoms with E-state index < -0.39 is 14.8 Å². The molecule has 44 heavy (non-hydrogen) atoms. The fraction of sp³-hybridized carbons (Fsp3) is 0.632. The van der Waals surface area contributed by atoms with Crippen molar-refractivity contribution < 1.29 is 0 Å². The van der Waals surface area contributed by atoms with Gasteiger partial charge in [-0.2, -0.15) is 22.2 Å². The molecule has 246 valence electrons. The van der Waals surface area contributed by atoms with Gasteiger partial charge in [0, 0.05) is 0 Å². The molecular weight excluding hydrogens is 612 g/mol. The topological polar surface area (TPSA) is 24.7 Å². The molecule has 2 aromatic carbocycles. The standard InChI is InChI=1S/C38H62Cl2N2Si2/c1-25(2)33-21-31(17-15-19-43(11,12)39)22-34(26(3)4)37(33)41-29(9)30(10)42-38-35(27(5)6)23-32(24-36(38)28(7)8)18-16-20-44(13,14)40/h21-28H,15-20H2,1-14H3. The Kier molecular flexibility index (Phi) is 14.7. The van der Waals surface area contributed by atoms with Gasteiger partial charge in [-0.1, -0.05) is 119 Å². The van der Waals surface area contributed by atoms with E-state index in [2.05, 4.69) is 120 Å². The fourth-order valence-corrected chi connectivity index (χ4v) is 8.56. The zero-order chi connectivity index (χ0) is 33.6. The summed E-state index contributed by atoms with van der Waals surface area (Å²) in [7, 11) is -3.13. The van der Waals surface area contributed by atoms with Gasteiger partial charge in [0.05, 0.1) is 22.8 Å². The van der Waals surface area contributed by atoms with Gasteiger partial charge in [-0.05, 0) is 95.8 Å². The van der Waals surface area contributed by atoms with Crippen molar-refractivity contribution in [2.75, 3.05) is 0 Å². The van der Waals surface area contributed by atoms with Crippen LogP contribution in [-0.4, -0.2) is 26.2 Å². The Morgan fingerprint density at radius 2 is 0.795 bits per heavy atom. The summed E-state index contributed by atoms with van der Waals surface area (Å²) < 4.78 is 0. The third kappa shape index (κ3) is 12.2. The van der Waals surface area contributed by atoms with Crippen LogP contribution in [-0.2, 0) is 12.8 Å². The molecule has 0 saturated heterocycles. The Labute approximate surface area is 283 Å². The number of nitrogens with zero attached hydrogens (tertiary/aromatic N) is 2. The molecule has 0 spiro atoms. The number of hydrogen-bond donors (Lipinski definition) is 0. The van der Waals surface area contributed by atoms with Crippen LogP contribution in [0.1, 0.15) is 139 Å². The molecule has 2 nitrogen and oxygen atoms in total. The average Bonchev–Trinajstić information content (AvgIpc) is 2.87. The summed E-state index contributed by atoms with van der Waals surface area (Å²) in [6.45, 7) is 31.5. The molecule has 0 aliphatic rings. The summed E-state index contributed by atoms with van der Waals surface area (Å²) in [5.41, 5.74) is 12.4. The molecule has 0 fully saturated rings. The Morgan fingerprint density at radius 3 is 1.00 bits per heavy atom. The van der Waals surface area contributed by atoms with Gasteiger partial charge in [-0.3, -0.25) is 9.98 Å². The van der Waals surface area contributed by atoms with Crippen LogP contribution in [0.15, 0.2) is 34.3 Å². The van der Waals surface area contributed by atoms with E-state index in [-0.39, 0.29) is 0 Å². The zero-order valence-electron chi connectivity index (χ0n) is 30.5. The van der Waals surface area contributed by atoms with Crippen LogP contribution in [0.5, 0.6) is 0 Å². The third-order valence-electron chi connectivity index (χ3n) is 8.50. The maximum atomic E-state index is 6.64. The first-order chi connectivity index (χ1) is 20.2. The minimum atomic E-state index is -1.56. The molecule has 0 heterocycles. The molecule has 0 aromatic heterocycles. The van der Waals surface area contributed by atoms with Gasteiger partial charge in [0.15, 0.2) is 14.8 Å². The first-order valence-corrected chi connectivity index (χ1v) is 25.5. The fourth-order valence-electron chi connectivity index (χ4n) is 5.72. The quantitative estimate of drug-likeness (QED) is 0.102. The summed E-state index contributed by atoms with van der Waals surface area (Å²) in [6, 6.07) is 11.9. The molecule has 6 heteroatoms. The predicted octanol–water partition coefficient (Wildman–Crippen LogP) is 13.8. The minimum absolute atomic E-state index is 0.384. The van der Waals surface area contributed by atoms with Crippen molar-refractivity contribution in [1.82, 2.24) is 0 Å². The van der Waals surface area contributed by atoms with Gasteiger partial charge >= 0.3 is 0 Å². The Morgan fingerprint density at radius 1 is 0.545 bits per heavy atom. The Hall–Kier alpha value is -1.21. The Bertz CT molecular complexity index is 1150. The van der Waals surface area contributed by atoms with Crippen LogP contribution < -0.4 is 0 Å². The van der Waals surface area contributed by atoms with Gasteiger partial charge in [-0.15, -0.1) is 0 Å². The van der Waals surface area contributed by atoms with Crippen molar-refractivity contribution >= 4 is 59.7 Å². The average molecular weight is 674 g/mol. The first kappa shape index (κ1) is 39.0. The van der Waals surface area contributed by atoms with E-state index in [9.17, 15) is 0 Å². The highest BCUT2D eigenvalue weighted by Gasteiger charge is 2.21. The van der Waals surface area contributed by atoms with Crippen molar-refractivity contribution in [3.63, 3.8) is 0 Å². The van der Waals surface area contributed by atoms with E-state index in [0.717, 1.165) is 60.6 Å². The second-order valence-corrected chi connectivity index (χ2v) is 29.4. The van der Waals surface area contributed by atoms with E-state index in [0.29, 0.717) is 23.7 Å². The van der Waals surface area contributed by atoms with Crippen molar-refractivity contribution in [2.45, 2.75) is 157 Å². The molecule has 0 atom stereocenters. The van der Waals surface area contributed by atoms with Gasteiger partial charge in [-0.25, -0.2) is 0 Å². The molecule has 0 radical (unpaired) electrons. The van der Waals surface area contributed by atoms with Crippen LogP contribution in [0.3, 0.4) is 0 Å². The molecule has 0 N–H and O–H groups in total. The maximum Gasteiger partial charge on any atom is 0.150 e. The van der Waals surface area contributed by atoms with E-state index >= 15 is 0 Å². The van der Waals surface area contributed by atoms with E-state index in [1.165, 1.54) is 33.4 Å². The summed E-state index contributed by atoms with van der Waals surface area (Å²) in [5, 5.41) is 0. The SMILES string of the molecule is CC(=Nc1c(C(C)C)cc(CCC[Si](C)(C)Cl)cc1C(C)C)C(C)=Nc1c(C(C)C)cc(CCC[Si](C)(C)Cl)cc1C(C)C. The second kappa shape index (κ2) is 16.6. The molecule has 0 bridgehead atoms. The maximum absolute atomic E-state index is 6.64. The predicted molar refractivity (Wildman–Crippen MR) is 208 cm³/mol. The van der Waals surface area contributed by atoms with Crippen LogP contribution >= 0.6 is 22.2 Å². The monoisotopic (exact) mass is 672 g/mol. The summed E-state index contributed by atoms with van der Waals surface area (Å²) >= 11 is 13.3. The number of halogens is 2. The normalized spacial score (nSPS) is 13.7. The molecule has 0 aliphatic carbocycles. The lowest BCUT2D eigenvalue weighted by Crippen LogP contribution is -2.15. The third-order valence-corrected chi connectivity index (χ3v) is 12.7. The first-order valence-electron chi connectivity index (χ1n) is 17.0. The summed E-state index contributed by atoms with van der Waals surface area (Å²) in [5.74, 6) is 1.54. The van der Waals surface area contributed by atoms with Gasteiger partial charge < -0.3 is 0 Å². The molecule has 2 rings (SSSR count). The van der Waals surface area contributed by atoms with Gasteiger partial charge in [0.25, 0.3) is 0 Å². The summed E-state index contributed by atoms with van der Waals surface area (Å²) in [6.07, 6.45) is 4.44. The largest absolute Gasteiger partial charge is 0.251 e. The van der Waals surface area contributed by atoms with Crippen LogP contribution in [0.2, 0.25) is 38.3 Å². The summed E-state index contributed by atoms with van der Waals surface area (Å²) in [4.78, 5) is 10.7. The number of benzene rings is 2. The number of rotatable bonds is 15. The second-order valence-electron chi connectivity index (χ2n) is 15.4. The van der Waals surface area contributed by atoms with Crippen LogP contribution in [0.4, 0.5) is 11.4 Å². The molecule has 0 saturated carbocycles. The van der Waals surface area contributed by atoms with E-state index in [4.69, 9.17) is 32.1 Å². The lowest BCUT2D eigenvalue weighted by Gasteiger charge is -2.21. The van der Waals surface area contributed by atoms with Crippen molar-refractivity contribution in [3.8, 4) is 0 Å². The van der Waals surface area contributed by atoms with Gasteiger partial charge in [0.1, 0.15) is 0 Å². The number of aliphatic imine (C=N–C) groups is 2. The number of aryl methyl sites for hydroxylation is 2. The highest BCUT2D eigenvalue weighted by molar-refractivity contribution is 7.19. The van der Waals surface area contributed by atoms with Crippen LogP contribution in [0, 0.1) is 0 Å². The highest BCUT2D eigenvalue weighted by Crippen LogP contribution is 2.39. The zero-order valence-corrected chi connectivity index (χ0v) is 34.0. The molecule has 0 amide bonds. The van der Waals surface area contributed by atoms with E-state index in [1.807, 2.05) is 0 Å². The van der Waals surface area contributed by atoms with Crippen molar-refractivity contribution in [2.24, 2.45) is 9.98 Å². The lowest BCUT2D eigenvalue weighted by molar-refractivity contribution is 0.818. The molecule has 2 aromatic rings. The molecule has 0 unspecified atom stereocenters. The minimum Gasteiger partial charge on any atom is -0.251 e. The molecule has 0 aliphatic heterocycles. The van der Waals surface area contributed by atoms with Gasteiger partial charge in [0.2, 0.25) is 0 Å². The highest BCUT2D eigenvalue weighted by atomic mass is 35.6. The van der Waals surface area contributed by atoms with Crippen molar-refractivity contribution in [3.05, 3.63) is 57.6 Å².